The average molecular weight is 396 g/mol. The molecule has 0 saturated heterocycles. The van der Waals surface area contributed by atoms with Crippen LogP contribution in [0.1, 0.15) is 33.6 Å². The number of ether oxygens (including phenoxy) is 2. The summed E-state index contributed by atoms with van der Waals surface area (Å²) >= 11 is 0. The second-order valence-corrected chi connectivity index (χ2v) is 6.80. The van der Waals surface area contributed by atoms with Gasteiger partial charge in [0, 0.05) is 18.7 Å². The number of esters is 1. The third-order valence-corrected chi connectivity index (χ3v) is 3.21. The number of urea groups is 1. The summed E-state index contributed by atoms with van der Waals surface area (Å²) in [6.45, 7) is 5.22. The molecule has 1 atom stereocenters. The number of alkyl carbamates (subject to hydrolysis) is 1. The fourth-order valence-electron chi connectivity index (χ4n) is 2.04. The highest BCUT2D eigenvalue weighted by atomic mass is 16.6. The van der Waals surface area contributed by atoms with Crippen molar-refractivity contribution < 1.29 is 28.8 Å². The molecule has 154 valence electrons. The summed E-state index contributed by atoms with van der Waals surface area (Å²) in [6, 6.07) is 3.17. The topological polar surface area (TPSA) is 163 Å². The Hall–Kier alpha value is -3.37. The Labute approximate surface area is 161 Å². The van der Waals surface area contributed by atoms with E-state index in [9.17, 15) is 24.5 Å². The zero-order valence-corrected chi connectivity index (χ0v) is 15.9. The maximum Gasteiger partial charge on any atom is 0.408 e. The summed E-state index contributed by atoms with van der Waals surface area (Å²) < 4.78 is 10.3. The highest BCUT2D eigenvalue weighted by Gasteiger charge is 2.26. The van der Waals surface area contributed by atoms with Gasteiger partial charge in [-0.25, -0.2) is 14.4 Å². The maximum atomic E-state index is 12.4. The third kappa shape index (κ3) is 8.83. The minimum Gasteiger partial charge on any atom is -0.444 e. The summed E-state index contributed by atoms with van der Waals surface area (Å²) in [6.07, 6.45) is -0.328. The van der Waals surface area contributed by atoms with Gasteiger partial charge in [-0.1, -0.05) is 0 Å². The van der Waals surface area contributed by atoms with Gasteiger partial charge in [0.25, 0.3) is 5.69 Å². The lowest BCUT2D eigenvalue weighted by Gasteiger charge is -2.23. The van der Waals surface area contributed by atoms with E-state index in [1.807, 2.05) is 0 Å². The van der Waals surface area contributed by atoms with E-state index in [0.717, 1.165) is 0 Å². The molecule has 0 aliphatic carbocycles. The molecule has 0 aliphatic heterocycles. The van der Waals surface area contributed by atoms with Crippen LogP contribution >= 0.6 is 0 Å². The first-order valence-electron chi connectivity index (χ1n) is 8.47. The minimum atomic E-state index is -1.06. The third-order valence-electron chi connectivity index (χ3n) is 3.21. The van der Waals surface area contributed by atoms with Crippen molar-refractivity contribution in [2.45, 2.75) is 45.3 Å². The van der Waals surface area contributed by atoms with Crippen molar-refractivity contribution in [3.05, 3.63) is 34.4 Å². The molecule has 0 spiro atoms. The Morgan fingerprint density at radius 3 is 2.32 bits per heavy atom. The van der Waals surface area contributed by atoms with Crippen LogP contribution in [0.25, 0.3) is 0 Å². The first kappa shape index (κ1) is 22.7. The Kier molecular flexibility index (Phi) is 8.17. The number of hydrogen-bond acceptors (Lipinski definition) is 7. The number of nitro groups is 1. The summed E-state index contributed by atoms with van der Waals surface area (Å²) in [5, 5.41) is 15.5. The van der Waals surface area contributed by atoms with Crippen molar-refractivity contribution >= 4 is 23.8 Å². The standard InChI is InChI=1S/C17H24N4O7/c1-17(2,3)28-16(24)20-13(5-4-10-19-15(18)23)14(22)27-12-8-6-11(7-9-12)21(25)26/h6-9,13H,4-5,10H2,1-3H3,(H,20,24)(H3,18,19,23). The molecule has 0 heterocycles. The molecule has 0 bridgehead atoms. The number of nitrogens with zero attached hydrogens (tertiary/aromatic N) is 1. The molecule has 11 heteroatoms. The molecule has 0 aliphatic rings. The summed E-state index contributed by atoms with van der Waals surface area (Å²) in [5.41, 5.74) is 4.06. The van der Waals surface area contributed by atoms with Gasteiger partial charge in [-0.15, -0.1) is 0 Å². The Bertz CT molecular complexity index is 713. The second-order valence-electron chi connectivity index (χ2n) is 6.80. The van der Waals surface area contributed by atoms with Crippen LogP contribution in [0.15, 0.2) is 24.3 Å². The van der Waals surface area contributed by atoms with E-state index in [4.69, 9.17) is 15.2 Å². The number of hydrogen-bond donors (Lipinski definition) is 3. The zero-order chi connectivity index (χ0) is 21.3. The van der Waals surface area contributed by atoms with E-state index in [0.29, 0.717) is 6.42 Å². The Morgan fingerprint density at radius 2 is 1.82 bits per heavy atom. The number of benzene rings is 1. The number of nitrogens with one attached hydrogen (secondary N) is 2. The normalized spacial score (nSPS) is 11.8. The number of non-ortho nitro benzene ring substituents is 1. The van der Waals surface area contributed by atoms with E-state index in [1.54, 1.807) is 20.8 Å². The molecule has 0 aromatic heterocycles. The van der Waals surface area contributed by atoms with Crippen LogP contribution in [-0.4, -0.2) is 41.2 Å². The van der Waals surface area contributed by atoms with Gasteiger partial charge in [-0.3, -0.25) is 10.1 Å². The molecule has 0 saturated carbocycles. The largest absolute Gasteiger partial charge is 0.444 e. The summed E-state index contributed by atoms with van der Waals surface area (Å²) in [7, 11) is 0. The Balaban J connectivity index is 2.76. The number of amides is 3. The first-order valence-corrected chi connectivity index (χ1v) is 8.47. The molecule has 0 fully saturated rings. The molecule has 11 nitrogen and oxygen atoms in total. The van der Waals surface area contributed by atoms with Crippen LogP contribution in [0.3, 0.4) is 0 Å². The van der Waals surface area contributed by atoms with Gasteiger partial charge in [-0.05, 0) is 45.7 Å². The van der Waals surface area contributed by atoms with Gasteiger partial charge in [0.1, 0.15) is 17.4 Å². The number of carbonyl (C=O) groups excluding carboxylic acids is 3. The molecular weight excluding hydrogens is 372 g/mol. The van der Waals surface area contributed by atoms with Crippen molar-refractivity contribution in [3.8, 4) is 5.75 Å². The van der Waals surface area contributed by atoms with Gasteiger partial charge < -0.3 is 25.8 Å². The van der Waals surface area contributed by atoms with Crippen molar-refractivity contribution in [3.63, 3.8) is 0 Å². The van der Waals surface area contributed by atoms with E-state index < -0.39 is 34.7 Å². The molecule has 0 radical (unpaired) electrons. The monoisotopic (exact) mass is 396 g/mol. The molecule has 4 N–H and O–H groups in total. The van der Waals surface area contributed by atoms with E-state index >= 15 is 0 Å². The fourth-order valence-corrected chi connectivity index (χ4v) is 2.04. The lowest BCUT2D eigenvalue weighted by atomic mass is 10.1. The van der Waals surface area contributed by atoms with Crippen LogP contribution in [0, 0.1) is 10.1 Å². The van der Waals surface area contributed by atoms with Crippen LogP contribution in [0.5, 0.6) is 5.75 Å². The number of carbonyl (C=O) groups is 3. The molecule has 3 amide bonds. The molecule has 28 heavy (non-hydrogen) atoms. The van der Waals surface area contributed by atoms with Gasteiger partial charge in [-0.2, -0.15) is 0 Å². The van der Waals surface area contributed by atoms with Crippen molar-refractivity contribution in [1.82, 2.24) is 10.6 Å². The van der Waals surface area contributed by atoms with E-state index in [2.05, 4.69) is 10.6 Å². The van der Waals surface area contributed by atoms with Crippen molar-refractivity contribution in [2.75, 3.05) is 6.54 Å². The van der Waals surface area contributed by atoms with E-state index in [1.165, 1.54) is 24.3 Å². The lowest BCUT2D eigenvalue weighted by Crippen LogP contribution is -2.45. The maximum absolute atomic E-state index is 12.4. The van der Waals surface area contributed by atoms with Gasteiger partial charge in [0.15, 0.2) is 0 Å². The van der Waals surface area contributed by atoms with Gasteiger partial charge in [0.2, 0.25) is 0 Å². The molecule has 1 unspecified atom stereocenters. The number of nitro benzene ring substituents is 1. The van der Waals surface area contributed by atoms with Crippen LogP contribution < -0.4 is 21.1 Å². The smallest absolute Gasteiger partial charge is 0.408 e. The second kappa shape index (κ2) is 10.1. The quantitative estimate of drug-likeness (QED) is 0.198. The van der Waals surface area contributed by atoms with Gasteiger partial charge in [0.05, 0.1) is 4.92 Å². The highest BCUT2D eigenvalue weighted by molar-refractivity contribution is 5.83. The zero-order valence-electron chi connectivity index (χ0n) is 15.9. The average Bonchev–Trinajstić information content (AvgIpc) is 2.56. The molecular formula is C17H24N4O7. The minimum absolute atomic E-state index is 0.0850. The van der Waals surface area contributed by atoms with Crippen LogP contribution in [-0.2, 0) is 9.53 Å². The summed E-state index contributed by atoms with van der Waals surface area (Å²) in [4.78, 5) is 45.2. The van der Waals surface area contributed by atoms with Crippen molar-refractivity contribution in [1.29, 1.82) is 0 Å². The number of nitrogens with two attached hydrogens (primary N) is 1. The Morgan fingerprint density at radius 1 is 1.21 bits per heavy atom. The van der Waals surface area contributed by atoms with E-state index in [-0.39, 0.29) is 24.4 Å². The lowest BCUT2D eigenvalue weighted by molar-refractivity contribution is -0.384. The predicted octanol–water partition coefficient (Wildman–Crippen LogP) is 1.84. The van der Waals surface area contributed by atoms with Gasteiger partial charge >= 0.3 is 18.1 Å². The molecule has 1 aromatic rings. The molecule has 1 rings (SSSR count). The number of rotatable bonds is 8. The van der Waals surface area contributed by atoms with Crippen LogP contribution in [0.4, 0.5) is 15.3 Å². The first-order chi connectivity index (χ1) is 13.0. The SMILES string of the molecule is CC(C)(C)OC(=O)NC(CCCNC(N)=O)C(=O)Oc1ccc([N+](=O)[O-])cc1. The molecule has 1 aromatic carbocycles. The van der Waals surface area contributed by atoms with Crippen molar-refractivity contribution in [2.24, 2.45) is 5.73 Å². The van der Waals surface area contributed by atoms with Crippen LogP contribution in [0.2, 0.25) is 0 Å². The predicted molar refractivity (Wildman–Crippen MR) is 98.7 cm³/mol. The summed E-state index contributed by atoms with van der Waals surface area (Å²) in [5.74, 6) is -0.694. The fraction of sp³-hybridized carbons (Fsp3) is 0.471. The highest BCUT2D eigenvalue weighted by Crippen LogP contribution is 2.18. The number of primary amides is 1.